The fourth-order valence-electron chi connectivity index (χ4n) is 4.43. The van der Waals surface area contributed by atoms with Crippen molar-refractivity contribution in [3.63, 3.8) is 0 Å². The van der Waals surface area contributed by atoms with Crippen LogP contribution in [0.5, 0.6) is 5.75 Å². The van der Waals surface area contributed by atoms with E-state index in [0.717, 1.165) is 5.82 Å². The molecule has 0 spiro atoms. The highest BCUT2D eigenvalue weighted by Crippen LogP contribution is 2.38. The van der Waals surface area contributed by atoms with Crippen LogP contribution in [0.25, 0.3) is 0 Å². The molecule has 37 heavy (non-hydrogen) atoms. The molecule has 1 saturated heterocycles. The quantitative estimate of drug-likeness (QED) is 0.547. The highest BCUT2D eigenvalue weighted by molar-refractivity contribution is 6.30. The van der Waals surface area contributed by atoms with E-state index in [4.69, 9.17) is 16.3 Å². The Hall–Kier alpha value is -3.80. The Morgan fingerprint density at radius 1 is 1.11 bits per heavy atom. The van der Waals surface area contributed by atoms with Crippen LogP contribution in [-0.2, 0) is 11.0 Å². The zero-order valence-electron chi connectivity index (χ0n) is 19.4. The normalized spacial score (nSPS) is 17.8. The second kappa shape index (κ2) is 9.92. The van der Waals surface area contributed by atoms with Crippen LogP contribution in [0.2, 0.25) is 5.02 Å². The van der Waals surface area contributed by atoms with E-state index in [9.17, 15) is 22.8 Å². The third-order valence-electron chi connectivity index (χ3n) is 6.28. The van der Waals surface area contributed by atoms with Gasteiger partial charge in [0.25, 0.3) is 5.56 Å². The van der Waals surface area contributed by atoms with E-state index in [0.29, 0.717) is 48.7 Å². The molecule has 1 N–H and O–H groups in total. The van der Waals surface area contributed by atoms with Crippen LogP contribution in [0.3, 0.4) is 0 Å². The number of hydrogen-bond acceptors (Lipinski definition) is 7. The van der Waals surface area contributed by atoms with Gasteiger partial charge in [0.2, 0.25) is 5.91 Å². The summed E-state index contributed by atoms with van der Waals surface area (Å²) in [7, 11) is 0. The molecular weight excluding hydrogens is 513 g/mol. The lowest BCUT2D eigenvalue weighted by molar-refractivity contribution is -0.138. The number of piperazine rings is 1. The number of aromatic nitrogens is 3. The summed E-state index contributed by atoms with van der Waals surface area (Å²) in [6.45, 7) is 2.26. The van der Waals surface area contributed by atoms with E-state index in [1.165, 1.54) is 4.90 Å². The fraction of sp³-hybridized carbons (Fsp3) is 0.333. The maximum atomic E-state index is 13.3. The number of amides is 1. The predicted molar refractivity (Wildman–Crippen MR) is 130 cm³/mol. The third-order valence-corrected chi connectivity index (χ3v) is 6.50. The zero-order chi connectivity index (χ0) is 26.2. The minimum atomic E-state index is -4.84. The van der Waals surface area contributed by atoms with Gasteiger partial charge in [0.15, 0.2) is 5.82 Å². The molecule has 2 aromatic heterocycles. The van der Waals surface area contributed by atoms with Crippen LogP contribution in [0.1, 0.15) is 12.0 Å². The smallest absolute Gasteiger partial charge is 0.421 e. The molecule has 0 radical (unpaired) electrons. The third kappa shape index (κ3) is 5.33. The molecule has 1 amide bonds. The number of halogens is 4. The summed E-state index contributed by atoms with van der Waals surface area (Å²) in [5.41, 5.74) is -2.18. The van der Waals surface area contributed by atoms with E-state index in [2.05, 4.69) is 15.0 Å². The average molecular weight is 535 g/mol. The molecule has 1 fully saturated rings. The maximum Gasteiger partial charge on any atom is 0.421 e. The van der Waals surface area contributed by atoms with Gasteiger partial charge < -0.3 is 19.4 Å². The van der Waals surface area contributed by atoms with Gasteiger partial charge in [-0.25, -0.2) is 10.1 Å². The summed E-state index contributed by atoms with van der Waals surface area (Å²) >= 11 is 5.90. The number of fused-ring (bicyclic) bond motifs is 1. The molecule has 5 rings (SSSR count). The Morgan fingerprint density at radius 3 is 2.57 bits per heavy atom. The first-order chi connectivity index (χ1) is 17.7. The second-order valence-corrected chi connectivity index (χ2v) is 9.13. The zero-order valence-corrected chi connectivity index (χ0v) is 20.2. The number of pyridine rings is 1. The number of H-pyrrole nitrogens is 1. The molecule has 9 nitrogen and oxygen atoms in total. The number of rotatable bonds is 4. The SMILES string of the molecule is O=C(C[C@H]1CN(c2cc(C(F)(F)F)c(=O)[nH]n2)c2ccccc2O1)N1CCN(c2ccc(Cl)cn2)CC1. The first-order valence-electron chi connectivity index (χ1n) is 11.5. The van der Waals surface area contributed by atoms with Crippen molar-refractivity contribution in [2.45, 2.75) is 18.7 Å². The molecule has 2 aliphatic rings. The van der Waals surface area contributed by atoms with Gasteiger partial charge >= 0.3 is 6.18 Å². The van der Waals surface area contributed by atoms with E-state index in [1.807, 2.05) is 11.2 Å². The van der Waals surface area contributed by atoms with Crippen molar-refractivity contribution in [3.8, 4) is 5.75 Å². The second-order valence-electron chi connectivity index (χ2n) is 8.69. The fourth-order valence-corrected chi connectivity index (χ4v) is 4.54. The Bertz CT molecular complexity index is 1340. The van der Waals surface area contributed by atoms with Crippen molar-refractivity contribution in [2.24, 2.45) is 0 Å². The number of ether oxygens (including phenoxy) is 1. The summed E-state index contributed by atoms with van der Waals surface area (Å²) in [4.78, 5) is 34.5. The number of hydrogen-bond donors (Lipinski definition) is 1. The molecule has 0 unspecified atom stereocenters. The van der Waals surface area contributed by atoms with Crippen LogP contribution in [0.4, 0.5) is 30.5 Å². The van der Waals surface area contributed by atoms with Gasteiger partial charge in [0.1, 0.15) is 23.2 Å². The number of aromatic amines is 1. The summed E-state index contributed by atoms with van der Waals surface area (Å²) in [6.07, 6.45) is -3.87. The van der Waals surface area contributed by atoms with Crippen molar-refractivity contribution in [1.82, 2.24) is 20.1 Å². The van der Waals surface area contributed by atoms with Crippen molar-refractivity contribution in [2.75, 3.05) is 42.5 Å². The van der Waals surface area contributed by atoms with Gasteiger partial charge in [-0.2, -0.15) is 18.3 Å². The lowest BCUT2D eigenvalue weighted by atomic mass is 10.1. The topological polar surface area (TPSA) is 94.7 Å². The number of para-hydroxylation sites is 2. The summed E-state index contributed by atoms with van der Waals surface area (Å²) in [5.74, 6) is 0.973. The van der Waals surface area contributed by atoms with E-state index in [-0.39, 0.29) is 24.7 Å². The highest BCUT2D eigenvalue weighted by atomic mass is 35.5. The minimum Gasteiger partial charge on any atom is -0.486 e. The van der Waals surface area contributed by atoms with Crippen molar-refractivity contribution < 1.29 is 22.7 Å². The number of nitrogens with one attached hydrogen (secondary N) is 1. The lowest BCUT2D eigenvalue weighted by Crippen LogP contribution is -2.50. The maximum absolute atomic E-state index is 13.3. The van der Waals surface area contributed by atoms with Crippen LogP contribution >= 0.6 is 11.6 Å². The van der Waals surface area contributed by atoms with E-state index >= 15 is 0 Å². The number of carbonyl (C=O) groups excluding carboxylic acids is 1. The van der Waals surface area contributed by atoms with Crippen LogP contribution in [0.15, 0.2) is 53.5 Å². The molecule has 2 aliphatic heterocycles. The van der Waals surface area contributed by atoms with E-state index in [1.54, 1.807) is 41.4 Å². The van der Waals surface area contributed by atoms with Gasteiger partial charge in [-0.15, -0.1) is 0 Å². The van der Waals surface area contributed by atoms with E-state index < -0.39 is 23.4 Å². The number of anilines is 3. The number of alkyl halides is 3. The molecule has 1 atom stereocenters. The van der Waals surface area contributed by atoms with Gasteiger partial charge in [0.05, 0.1) is 23.7 Å². The van der Waals surface area contributed by atoms with Gasteiger partial charge in [-0.05, 0) is 24.3 Å². The summed E-state index contributed by atoms with van der Waals surface area (Å²) in [5, 5.41) is 6.32. The lowest BCUT2D eigenvalue weighted by Gasteiger charge is -2.38. The van der Waals surface area contributed by atoms with Crippen LogP contribution in [0, 0.1) is 0 Å². The van der Waals surface area contributed by atoms with Gasteiger partial charge in [0, 0.05) is 38.4 Å². The molecule has 13 heteroatoms. The Labute approximate surface area is 214 Å². The first-order valence-corrected chi connectivity index (χ1v) is 11.9. The van der Waals surface area contributed by atoms with Crippen molar-refractivity contribution in [1.29, 1.82) is 0 Å². The molecule has 194 valence electrons. The van der Waals surface area contributed by atoms with Crippen LogP contribution < -0.4 is 20.1 Å². The molecule has 0 bridgehead atoms. The monoisotopic (exact) mass is 534 g/mol. The van der Waals surface area contributed by atoms with Crippen LogP contribution in [-0.4, -0.2) is 64.8 Å². The van der Waals surface area contributed by atoms with Crippen molar-refractivity contribution >= 4 is 34.8 Å². The van der Waals surface area contributed by atoms with Gasteiger partial charge in [-0.1, -0.05) is 23.7 Å². The molecule has 3 aromatic rings. The molecule has 1 aromatic carbocycles. The first kappa shape index (κ1) is 24.9. The number of nitrogens with zero attached hydrogens (tertiary/aromatic N) is 5. The Kier molecular flexibility index (Phi) is 6.67. The minimum absolute atomic E-state index is 0.0273. The number of carbonyl (C=O) groups is 1. The molecule has 4 heterocycles. The average Bonchev–Trinajstić information content (AvgIpc) is 2.88. The summed E-state index contributed by atoms with van der Waals surface area (Å²) < 4.78 is 46.1. The highest BCUT2D eigenvalue weighted by Gasteiger charge is 2.37. The van der Waals surface area contributed by atoms with Crippen molar-refractivity contribution in [3.05, 3.63) is 69.6 Å². The number of benzene rings is 1. The Balaban J connectivity index is 1.30. The summed E-state index contributed by atoms with van der Waals surface area (Å²) in [6, 6.07) is 11.1. The molecule has 0 aliphatic carbocycles. The molecule has 0 saturated carbocycles. The molecular formula is C24H22ClF3N6O3. The predicted octanol–water partition coefficient (Wildman–Crippen LogP) is 3.48. The standard InChI is InChI=1S/C24H22ClF3N6O3/c25-15-5-6-20(29-13-15)32-7-9-33(10-8-32)22(35)11-16-14-34(18-3-1-2-4-19(18)37-16)21-12-17(24(26,27)28)23(36)31-30-21/h1-6,12-13,16H,7-11,14H2,(H,31,36)/t16-/m0/s1. The Morgan fingerprint density at radius 2 is 1.86 bits per heavy atom. The van der Waals surface area contributed by atoms with Gasteiger partial charge in [-0.3, -0.25) is 9.59 Å². The largest absolute Gasteiger partial charge is 0.486 e.